The Balaban J connectivity index is 1.57. The van der Waals surface area contributed by atoms with E-state index in [1.807, 2.05) is 0 Å². The first-order valence-corrected chi connectivity index (χ1v) is 10.9. The van der Waals surface area contributed by atoms with E-state index in [4.69, 9.17) is 46.4 Å². The summed E-state index contributed by atoms with van der Waals surface area (Å²) in [5.41, 5.74) is 1.08. The number of amides is 3. The van der Waals surface area contributed by atoms with Crippen LogP contribution in [0.2, 0.25) is 15.1 Å². The van der Waals surface area contributed by atoms with Crippen LogP contribution in [0.25, 0.3) is 0 Å². The van der Waals surface area contributed by atoms with Crippen molar-refractivity contribution in [3.8, 4) is 0 Å². The minimum Gasteiger partial charge on any atom is -0.350 e. The Bertz CT molecular complexity index is 1340. The van der Waals surface area contributed by atoms with Crippen LogP contribution in [0.3, 0.4) is 0 Å². The van der Waals surface area contributed by atoms with Crippen LogP contribution in [0, 0.1) is 0 Å². The molecule has 33 heavy (non-hydrogen) atoms. The Morgan fingerprint density at radius 3 is 2.24 bits per heavy atom. The number of anilines is 3. The maximum Gasteiger partial charge on any atom is 0.283 e. The molecule has 0 unspecified atom stereocenters. The highest BCUT2D eigenvalue weighted by atomic mass is 35.5. The first-order chi connectivity index (χ1) is 15.8. The zero-order valence-corrected chi connectivity index (χ0v) is 19.6. The van der Waals surface area contributed by atoms with Gasteiger partial charge in [0.1, 0.15) is 10.7 Å². The molecule has 2 N–H and O–H groups in total. The van der Waals surface area contributed by atoms with Crippen LogP contribution in [0.5, 0.6) is 0 Å². The molecule has 3 amide bonds. The molecule has 0 radical (unpaired) electrons. The van der Waals surface area contributed by atoms with Crippen LogP contribution in [-0.2, 0) is 9.59 Å². The van der Waals surface area contributed by atoms with Gasteiger partial charge in [0.25, 0.3) is 17.7 Å². The number of para-hydroxylation sites is 1. The summed E-state index contributed by atoms with van der Waals surface area (Å²) < 4.78 is 0. The first-order valence-electron chi connectivity index (χ1n) is 9.43. The second-order valence-corrected chi connectivity index (χ2v) is 8.42. The molecular formula is C23H13Cl4N3O3. The smallest absolute Gasteiger partial charge is 0.283 e. The molecule has 3 aromatic carbocycles. The van der Waals surface area contributed by atoms with E-state index in [0.717, 1.165) is 4.90 Å². The van der Waals surface area contributed by atoms with Gasteiger partial charge in [0.05, 0.1) is 26.4 Å². The molecule has 0 aromatic heterocycles. The largest absolute Gasteiger partial charge is 0.350 e. The normalized spacial score (nSPS) is 13.5. The van der Waals surface area contributed by atoms with Gasteiger partial charge in [-0.25, -0.2) is 4.90 Å². The Kier molecular flexibility index (Phi) is 6.63. The van der Waals surface area contributed by atoms with Gasteiger partial charge in [-0.2, -0.15) is 0 Å². The van der Waals surface area contributed by atoms with Crippen LogP contribution in [0.1, 0.15) is 10.4 Å². The van der Waals surface area contributed by atoms with Crippen LogP contribution in [0.15, 0.2) is 77.5 Å². The van der Waals surface area contributed by atoms with Crippen molar-refractivity contribution in [1.82, 2.24) is 0 Å². The second-order valence-electron chi connectivity index (χ2n) is 6.85. The van der Waals surface area contributed by atoms with E-state index in [-0.39, 0.29) is 26.5 Å². The number of benzene rings is 3. The van der Waals surface area contributed by atoms with Crippen LogP contribution in [0.4, 0.5) is 17.1 Å². The van der Waals surface area contributed by atoms with Gasteiger partial charge in [-0.1, -0.05) is 70.7 Å². The lowest BCUT2D eigenvalue weighted by atomic mass is 10.1. The minimum absolute atomic E-state index is 0.0461. The van der Waals surface area contributed by atoms with E-state index in [1.54, 1.807) is 48.5 Å². The lowest BCUT2D eigenvalue weighted by molar-refractivity contribution is -0.120. The number of carbonyl (C=O) groups excluding carboxylic acids is 3. The topological polar surface area (TPSA) is 78.5 Å². The Labute approximate surface area is 208 Å². The molecule has 0 fully saturated rings. The molecule has 1 aliphatic heterocycles. The molecule has 10 heteroatoms. The van der Waals surface area contributed by atoms with Crippen molar-refractivity contribution in [3.05, 3.63) is 98.1 Å². The zero-order chi connectivity index (χ0) is 23.7. The number of carbonyl (C=O) groups is 3. The van der Waals surface area contributed by atoms with Crippen molar-refractivity contribution < 1.29 is 14.4 Å². The summed E-state index contributed by atoms with van der Waals surface area (Å²) >= 11 is 24.5. The first kappa shape index (κ1) is 23.1. The van der Waals surface area contributed by atoms with E-state index in [1.165, 1.54) is 18.2 Å². The van der Waals surface area contributed by atoms with Gasteiger partial charge < -0.3 is 10.6 Å². The average Bonchev–Trinajstić information content (AvgIpc) is 3.00. The van der Waals surface area contributed by atoms with Gasteiger partial charge in [-0.3, -0.25) is 14.4 Å². The van der Waals surface area contributed by atoms with E-state index in [2.05, 4.69) is 10.6 Å². The van der Waals surface area contributed by atoms with Gasteiger partial charge in [0.15, 0.2) is 0 Å². The summed E-state index contributed by atoms with van der Waals surface area (Å²) in [5, 5.41) is 5.86. The molecule has 0 spiro atoms. The summed E-state index contributed by atoms with van der Waals surface area (Å²) in [6.45, 7) is 0. The lowest BCUT2D eigenvalue weighted by Gasteiger charge is -2.17. The fraction of sp³-hybridized carbons (Fsp3) is 0. The number of imide groups is 1. The summed E-state index contributed by atoms with van der Waals surface area (Å²) in [6, 6.07) is 17.7. The third-order valence-corrected chi connectivity index (χ3v) is 6.20. The molecule has 0 aliphatic carbocycles. The molecule has 1 heterocycles. The number of nitrogens with zero attached hydrogens (tertiary/aromatic N) is 1. The lowest BCUT2D eigenvalue weighted by Crippen LogP contribution is -2.32. The van der Waals surface area contributed by atoms with Crippen LogP contribution < -0.4 is 15.5 Å². The van der Waals surface area contributed by atoms with E-state index in [9.17, 15) is 14.4 Å². The fourth-order valence-corrected chi connectivity index (χ4v) is 3.91. The van der Waals surface area contributed by atoms with E-state index >= 15 is 0 Å². The average molecular weight is 521 g/mol. The predicted molar refractivity (Wildman–Crippen MR) is 131 cm³/mol. The molecule has 0 saturated carbocycles. The zero-order valence-electron chi connectivity index (χ0n) is 16.5. The number of hydrogen-bond donors (Lipinski definition) is 2. The minimum atomic E-state index is -0.749. The molecule has 0 atom stereocenters. The molecule has 0 bridgehead atoms. The fourth-order valence-electron chi connectivity index (χ4n) is 3.13. The van der Waals surface area contributed by atoms with E-state index in [0.29, 0.717) is 22.0 Å². The van der Waals surface area contributed by atoms with Crippen molar-refractivity contribution in [1.29, 1.82) is 0 Å². The van der Waals surface area contributed by atoms with Crippen molar-refractivity contribution >= 4 is 81.2 Å². The molecule has 0 saturated heterocycles. The maximum atomic E-state index is 13.0. The molecule has 4 rings (SSSR count). The molecule has 3 aromatic rings. The van der Waals surface area contributed by atoms with Gasteiger partial charge in [-0.05, 0) is 42.5 Å². The summed E-state index contributed by atoms with van der Waals surface area (Å²) in [5.74, 6) is -1.87. The SMILES string of the molecule is O=C(Nc1ccccc1Cl)c1cccc(NC2=C(Cl)C(=O)N(c3cccc(Cl)c3Cl)C2=O)c1. The van der Waals surface area contributed by atoms with Gasteiger partial charge in [0.2, 0.25) is 0 Å². The van der Waals surface area contributed by atoms with Crippen LogP contribution >= 0.6 is 46.4 Å². The molecule has 6 nitrogen and oxygen atoms in total. The number of hydrogen-bond acceptors (Lipinski definition) is 4. The highest BCUT2D eigenvalue weighted by Crippen LogP contribution is 2.37. The third-order valence-electron chi connectivity index (χ3n) is 4.72. The van der Waals surface area contributed by atoms with Gasteiger partial charge in [0, 0.05) is 11.3 Å². The number of halogens is 4. The molecule has 166 valence electrons. The van der Waals surface area contributed by atoms with Gasteiger partial charge in [-0.15, -0.1) is 0 Å². The third kappa shape index (κ3) is 4.56. The van der Waals surface area contributed by atoms with Crippen molar-refractivity contribution in [2.24, 2.45) is 0 Å². The van der Waals surface area contributed by atoms with Crippen molar-refractivity contribution in [2.75, 3.05) is 15.5 Å². The standard InChI is InChI=1S/C23H13Cl4N3O3/c24-14-7-1-2-9-16(14)29-21(31)12-5-3-6-13(11-12)28-20-19(27)22(32)30(23(20)33)17-10-4-8-15(25)18(17)26/h1-11,28H,(H,29,31). The monoisotopic (exact) mass is 519 g/mol. The van der Waals surface area contributed by atoms with Gasteiger partial charge >= 0.3 is 0 Å². The van der Waals surface area contributed by atoms with Crippen molar-refractivity contribution in [3.63, 3.8) is 0 Å². The summed E-state index contributed by atoms with van der Waals surface area (Å²) in [7, 11) is 0. The number of nitrogens with one attached hydrogen (secondary N) is 2. The second kappa shape index (κ2) is 9.45. The Morgan fingerprint density at radius 1 is 0.788 bits per heavy atom. The summed E-state index contributed by atoms with van der Waals surface area (Å²) in [6.07, 6.45) is 0. The highest BCUT2D eigenvalue weighted by molar-refractivity contribution is 6.54. The quantitative estimate of drug-likeness (QED) is 0.385. The molecular weight excluding hydrogens is 508 g/mol. The van der Waals surface area contributed by atoms with Crippen molar-refractivity contribution in [2.45, 2.75) is 0 Å². The number of rotatable bonds is 5. The Morgan fingerprint density at radius 2 is 1.48 bits per heavy atom. The highest BCUT2D eigenvalue weighted by Gasteiger charge is 2.40. The Hall–Kier alpha value is -3.03. The predicted octanol–water partition coefficient (Wildman–Crippen LogP) is 6.33. The van der Waals surface area contributed by atoms with Crippen LogP contribution in [-0.4, -0.2) is 17.7 Å². The molecule has 1 aliphatic rings. The maximum absolute atomic E-state index is 13.0. The summed E-state index contributed by atoms with van der Waals surface area (Å²) in [4.78, 5) is 39.2. The van der Waals surface area contributed by atoms with E-state index < -0.39 is 17.7 Å².